The average Bonchev–Trinajstić information content (AvgIpc) is 1.85. The predicted octanol–water partition coefficient (Wildman–Crippen LogP) is 1.47. The Kier molecular flexibility index (Phi) is 6.18. The van der Waals surface area contributed by atoms with Crippen LogP contribution in [0.25, 0.3) is 0 Å². The lowest BCUT2D eigenvalue weighted by molar-refractivity contribution is 0.182. The number of aliphatic hydroxyl groups is 2. The molecular weight excluding hydrogens is 140 g/mol. The van der Waals surface area contributed by atoms with E-state index in [-0.39, 0.29) is 12.2 Å². The highest BCUT2D eigenvalue weighted by Gasteiger charge is 1.92. The van der Waals surface area contributed by atoms with Crippen molar-refractivity contribution in [2.45, 2.75) is 45.3 Å². The van der Waals surface area contributed by atoms with Crippen LogP contribution >= 0.6 is 0 Å². The van der Waals surface area contributed by atoms with Gasteiger partial charge in [-0.25, -0.2) is 0 Å². The summed E-state index contributed by atoms with van der Waals surface area (Å²) in [5.74, 6) is 0. The Balaban J connectivity index is 3.14. The first-order valence-electron chi connectivity index (χ1n) is 4.15. The van der Waals surface area contributed by atoms with Crippen molar-refractivity contribution in [1.29, 1.82) is 0 Å². The number of unbranched alkanes of at least 4 members (excludes halogenated alkanes) is 1. The van der Waals surface area contributed by atoms with E-state index in [0.29, 0.717) is 0 Å². The van der Waals surface area contributed by atoms with Crippen LogP contribution in [-0.2, 0) is 0 Å². The highest BCUT2D eigenvalue weighted by molar-refractivity contribution is 4.85. The summed E-state index contributed by atoms with van der Waals surface area (Å²) in [6.45, 7) is 3.52. The van der Waals surface area contributed by atoms with Gasteiger partial charge in [0.25, 0.3) is 0 Å². The van der Waals surface area contributed by atoms with Gasteiger partial charge < -0.3 is 10.2 Å². The summed E-state index contributed by atoms with van der Waals surface area (Å²) in [4.78, 5) is 0. The zero-order valence-electron chi connectivity index (χ0n) is 7.33. The van der Waals surface area contributed by atoms with Gasteiger partial charge in [-0.1, -0.05) is 12.2 Å². The lowest BCUT2D eigenvalue weighted by Gasteiger charge is -2.00. The maximum Gasteiger partial charge on any atom is 0.0692 e. The number of hydrogen-bond donors (Lipinski definition) is 2. The van der Waals surface area contributed by atoms with Crippen molar-refractivity contribution >= 4 is 0 Å². The summed E-state index contributed by atoms with van der Waals surface area (Å²) in [7, 11) is 0. The third kappa shape index (κ3) is 9.66. The minimum Gasteiger partial charge on any atom is -0.393 e. The summed E-state index contributed by atoms with van der Waals surface area (Å²) in [5, 5.41) is 17.7. The van der Waals surface area contributed by atoms with E-state index in [9.17, 15) is 0 Å². The van der Waals surface area contributed by atoms with Crippen LogP contribution in [0, 0.1) is 0 Å². The molecule has 2 atom stereocenters. The maximum absolute atomic E-state index is 8.89. The molecule has 0 aliphatic carbocycles. The van der Waals surface area contributed by atoms with Gasteiger partial charge in [0.05, 0.1) is 12.2 Å². The molecule has 0 saturated heterocycles. The van der Waals surface area contributed by atoms with E-state index in [4.69, 9.17) is 10.2 Å². The largest absolute Gasteiger partial charge is 0.393 e. The Morgan fingerprint density at radius 3 is 2.36 bits per heavy atom. The van der Waals surface area contributed by atoms with Crippen molar-refractivity contribution in [2.24, 2.45) is 0 Å². The lowest BCUT2D eigenvalue weighted by Crippen LogP contribution is -1.98. The fourth-order valence-electron chi connectivity index (χ4n) is 0.824. The number of rotatable bonds is 5. The molecule has 0 bridgehead atoms. The zero-order chi connectivity index (χ0) is 8.69. The van der Waals surface area contributed by atoms with Crippen molar-refractivity contribution in [1.82, 2.24) is 0 Å². The fourth-order valence-corrected chi connectivity index (χ4v) is 0.824. The lowest BCUT2D eigenvalue weighted by atomic mass is 10.1. The normalized spacial score (nSPS) is 17.1. The minimum atomic E-state index is -0.346. The number of aliphatic hydroxyl groups excluding tert-OH is 2. The van der Waals surface area contributed by atoms with E-state index in [1.165, 1.54) is 0 Å². The first-order valence-corrected chi connectivity index (χ1v) is 4.15. The summed E-state index contributed by atoms with van der Waals surface area (Å²) >= 11 is 0. The summed E-state index contributed by atoms with van der Waals surface area (Å²) in [6.07, 6.45) is 5.94. The molecule has 0 aliphatic heterocycles. The van der Waals surface area contributed by atoms with E-state index in [1.807, 2.05) is 6.08 Å². The Labute approximate surface area is 68.6 Å². The molecule has 0 aliphatic rings. The van der Waals surface area contributed by atoms with Crippen molar-refractivity contribution in [2.75, 3.05) is 0 Å². The van der Waals surface area contributed by atoms with E-state index in [2.05, 4.69) is 0 Å². The Morgan fingerprint density at radius 2 is 1.91 bits per heavy atom. The topological polar surface area (TPSA) is 40.5 Å². The summed E-state index contributed by atoms with van der Waals surface area (Å²) in [6, 6.07) is 0. The standard InChI is InChI=1S/C9H18O2/c1-8(10)6-4-3-5-7-9(2)11/h4,6,8-11H,3,5,7H2,1-2H3/b6-4-/t8-,9-/m1/s1. The minimum absolute atomic E-state index is 0.199. The second-order valence-corrected chi connectivity index (χ2v) is 2.95. The van der Waals surface area contributed by atoms with Crippen LogP contribution in [0.2, 0.25) is 0 Å². The molecule has 0 unspecified atom stereocenters. The molecule has 0 aromatic carbocycles. The molecule has 0 amide bonds. The van der Waals surface area contributed by atoms with E-state index >= 15 is 0 Å². The van der Waals surface area contributed by atoms with Gasteiger partial charge >= 0.3 is 0 Å². The molecule has 2 nitrogen and oxygen atoms in total. The predicted molar refractivity (Wildman–Crippen MR) is 46.4 cm³/mol. The van der Waals surface area contributed by atoms with Gasteiger partial charge in [0.2, 0.25) is 0 Å². The van der Waals surface area contributed by atoms with Crippen molar-refractivity contribution in [3.05, 3.63) is 12.2 Å². The zero-order valence-corrected chi connectivity index (χ0v) is 7.33. The van der Waals surface area contributed by atoms with Gasteiger partial charge in [-0.3, -0.25) is 0 Å². The van der Waals surface area contributed by atoms with Crippen molar-refractivity contribution < 1.29 is 10.2 Å². The smallest absolute Gasteiger partial charge is 0.0692 e. The van der Waals surface area contributed by atoms with Crippen LogP contribution in [0.5, 0.6) is 0 Å². The van der Waals surface area contributed by atoms with Gasteiger partial charge in [0.15, 0.2) is 0 Å². The third-order valence-electron chi connectivity index (χ3n) is 1.41. The second kappa shape index (κ2) is 6.38. The highest BCUT2D eigenvalue weighted by atomic mass is 16.3. The quantitative estimate of drug-likeness (QED) is 0.470. The summed E-state index contributed by atoms with van der Waals surface area (Å²) in [5.41, 5.74) is 0. The molecule has 11 heavy (non-hydrogen) atoms. The van der Waals surface area contributed by atoms with Crippen molar-refractivity contribution in [3.8, 4) is 0 Å². The maximum atomic E-state index is 8.89. The van der Waals surface area contributed by atoms with Gasteiger partial charge in [-0.05, 0) is 33.1 Å². The van der Waals surface area contributed by atoms with Crippen LogP contribution in [0.15, 0.2) is 12.2 Å². The molecule has 0 saturated carbocycles. The van der Waals surface area contributed by atoms with Crippen LogP contribution < -0.4 is 0 Å². The molecule has 0 rings (SSSR count). The molecule has 0 aromatic rings. The van der Waals surface area contributed by atoms with Gasteiger partial charge in [-0.15, -0.1) is 0 Å². The van der Waals surface area contributed by atoms with E-state index < -0.39 is 0 Å². The Morgan fingerprint density at radius 1 is 1.27 bits per heavy atom. The van der Waals surface area contributed by atoms with Crippen LogP contribution in [0.3, 0.4) is 0 Å². The molecule has 0 radical (unpaired) electrons. The molecule has 0 aromatic heterocycles. The molecule has 2 N–H and O–H groups in total. The molecule has 2 heteroatoms. The molecule has 0 heterocycles. The average molecular weight is 158 g/mol. The Hall–Kier alpha value is -0.340. The fraction of sp³-hybridized carbons (Fsp3) is 0.778. The SMILES string of the molecule is C[C@@H](O)/C=C\CCC[C@@H](C)O. The first-order chi connectivity index (χ1) is 5.13. The highest BCUT2D eigenvalue weighted by Crippen LogP contribution is 2.00. The first kappa shape index (κ1) is 10.7. The van der Waals surface area contributed by atoms with Crippen LogP contribution in [0.4, 0.5) is 0 Å². The molecule has 0 fully saturated rings. The second-order valence-electron chi connectivity index (χ2n) is 2.95. The van der Waals surface area contributed by atoms with E-state index in [1.54, 1.807) is 19.9 Å². The Bertz CT molecular complexity index is 106. The van der Waals surface area contributed by atoms with Crippen LogP contribution in [-0.4, -0.2) is 22.4 Å². The molecular formula is C9H18O2. The van der Waals surface area contributed by atoms with Gasteiger partial charge in [0, 0.05) is 0 Å². The van der Waals surface area contributed by atoms with Gasteiger partial charge in [0.1, 0.15) is 0 Å². The van der Waals surface area contributed by atoms with Crippen molar-refractivity contribution in [3.63, 3.8) is 0 Å². The van der Waals surface area contributed by atoms with Crippen LogP contribution in [0.1, 0.15) is 33.1 Å². The monoisotopic (exact) mass is 158 g/mol. The molecule has 66 valence electrons. The number of allylic oxidation sites excluding steroid dienone is 1. The third-order valence-corrected chi connectivity index (χ3v) is 1.41. The number of hydrogen-bond acceptors (Lipinski definition) is 2. The van der Waals surface area contributed by atoms with Gasteiger partial charge in [-0.2, -0.15) is 0 Å². The molecule has 0 spiro atoms. The summed E-state index contributed by atoms with van der Waals surface area (Å²) < 4.78 is 0. The van der Waals surface area contributed by atoms with E-state index in [0.717, 1.165) is 19.3 Å².